The Morgan fingerprint density at radius 3 is 2.67 bits per heavy atom. The van der Waals surface area contributed by atoms with Gasteiger partial charge in [0.2, 0.25) is 0 Å². The van der Waals surface area contributed by atoms with Crippen molar-refractivity contribution in [3.05, 3.63) is 28.2 Å². The number of piperazine rings is 1. The minimum Gasteiger partial charge on any atom is -0.362 e. The van der Waals surface area contributed by atoms with E-state index in [4.69, 9.17) is 0 Å². The van der Waals surface area contributed by atoms with Crippen molar-refractivity contribution in [2.24, 2.45) is 0 Å². The van der Waals surface area contributed by atoms with E-state index in [1.54, 1.807) is 0 Å². The third kappa shape index (κ3) is 2.67. The minimum atomic E-state index is -0.565. The highest BCUT2D eigenvalue weighted by Crippen LogP contribution is 2.33. The molecule has 0 aromatic heterocycles. The van der Waals surface area contributed by atoms with Gasteiger partial charge in [0.25, 0.3) is 0 Å². The number of anilines is 1. The van der Waals surface area contributed by atoms with Crippen LogP contribution in [0.15, 0.2) is 16.6 Å². The molecule has 100 valence electrons. The van der Waals surface area contributed by atoms with Gasteiger partial charge < -0.3 is 10.2 Å². The zero-order valence-corrected chi connectivity index (χ0v) is 12.3. The summed E-state index contributed by atoms with van der Waals surface area (Å²) < 4.78 is 27.6. The van der Waals surface area contributed by atoms with Crippen LogP contribution in [-0.2, 0) is 0 Å². The van der Waals surface area contributed by atoms with Gasteiger partial charge in [0.1, 0.15) is 5.82 Å². The molecule has 2 nitrogen and oxygen atoms in total. The van der Waals surface area contributed by atoms with E-state index in [9.17, 15) is 8.78 Å². The monoisotopic (exact) mass is 318 g/mol. The number of benzene rings is 1. The molecule has 0 spiro atoms. The summed E-state index contributed by atoms with van der Waals surface area (Å²) in [5, 5.41) is 3.40. The first-order chi connectivity index (χ1) is 8.30. The lowest BCUT2D eigenvalue weighted by Gasteiger charge is -2.45. The summed E-state index contributed by atoms with van der Waals surface area (Å²) in [5.41, 5.74) is 0.353. The molecular weight excluding hydrogens is 302 g/mol. The molecule has 1 N–H and O–H groups in total. The van der Waals surface area contributed by atoms with Gasteiger partial charge in [-0.15, -0.1) is 0 Å². The Hall–Kier alpha value is -0.680. The number of rotatable bonds is 1. The summed E-state index contributed by atoms with van der Waals surface area (Å²) in [6, 6.07) is 2.40. The third-order valence-electron chi connectivity index (χ3n) is 3.24. The number of hydrogen-bond donors (Lipinski definition) is 1. The van der Waals surface area contributed by atoms with Crippen LogP contribution in [0.4, 0.5) is 14.5 Å². The predicted molar refractivity (Wildman–Crippen MR) is 72.9 cm³/mol. The lowest BCUT2D eigenvalue weighted by Crippen LogP contribution is -2.61. The van der Waals surface area contributed by atoms with Crippen molar-refractivity contribution in [2.75, 3.05) is 18.0 Å². The molecular formula is C13H17BrF2N2. The van der Waals surface area contributed by atoms with Crippen LogP contribution in [0.5, 0.6) is 0 Å². The van der Waals surface area contributed by atoms with Crippen LogP contribution in [0.3, 0.4) is 0 Å². The van der Waals surface area contributed by atoms with Crippen LogP contribution in [0, 0.1) is 11.6 Å². The normalized spacial score (nSPS) is 23.2. The van der Waals surface area contributed by atoms with Crippen molar-refractivity contribution < 1.29 is 8.78 Å². The zero-order valence-electron chi connectivity index (χ0n) is 10.7. The molecule has 1 aromatic carbocycles. The second-order valence-electron chi connectivity index (χ2n) is 5.46. The lowest BCUT2D eigenvalue weighted by atomic mass is 9.98. The lowest BCUT2D eigenvalue weighted by molar-refractivity contribution is 0.316. The summed E-state index contributed by atoms with van der Waals surface area (Å²) in [5.74, 6) is -1.09. The van der Waals surface area contributed by atoms with Crippen molar-refractivity contribution in [1.82, 2.24) is 5.32 Å². The maximum atomic E-state index is 14.0. The van der Waals surface area contributed by atoms with Gasteiger partial charge in [-0.1, -0.05) is 0 Å². The Morgan fingerprint density at radius 1 is 1.39 bits per heavy atom. The standard InChI is InChI=1S/C13H17BrF2N2/c1-8-6-17-13(2,3)7-18(8)12-10(14)4-9(15)5-11(12)16/h4-5,8,17H,6-7H2,1-3H3. The van der Waals surface area contributed by atoms with E-state index in [2.05, 4.69) is 35.1 Å². The molecule has 0 saturated carbocycles. The Balaban J connectivity index is 2.41. The SMILES string of the molecule is CC1CNC(C)(C)CN1c1c(F)cc(F)cc1Br. The van der Waals surface area contributed by atoms with Crippen LogP contribution in [-0.4, -0.2) is 24.7 Å². The van der Waals surface area contributed by atoms with Gasteiger partial charge in [-0.2, -0.15) is 0 Å². The fraction of sp³-hybridized carbons (Fsp3) is 0.538. The molecule has 2 rings (SSSR count). The molecule has 0 aliphatic carbocycles. The summed E-state index contributed by atoms with van der Waals surface area (Å²) in [6.45, 7) is 7.62. The molecule has 1 unspecified atom stereocenters. The Kier molecular flexibility index (Phi) is 3.65. The molecule has 0 bridgehead atoms. The molecule has 1 aliphatic heterocycles. The molecule has 1 aliphatic rings. The van der Waals surface area contributed by atoms with Gasteiger partial charge in [-0.25, -0.2) is 8.78 Å². The second kappa shape index (κ2) is 4.78. The predicted octanol–water partition coefficient (Wildman–Crippen LogP) is 3.30. The molecule has 0 amide bonds. The van der Waals surface area contributed by atoms with Crippen molar-refractivity contribution in [3.8, 4) is 0 Å². The van der Waals surface area contributed by atoms with Gasteiger partial charge in [-0.05, 0) is 42.8 Å². The summed E-state index contributed by atoms with van der Waals surface area (Å²) in [4.78, 5) is 1.98. The Bertz CT molecular complexity index is 439. The van der Waals surface area contributed by atoms with Gasteiger partial charge in [0.05, 0.1) is 5.69 Å². The molecule has 1 fully saturated rings. The number of nitrogens with one attached hydrogen (secondary N) is 1. The van der Waals surface area contributed by atoms with E-state index in [-0.39, 0.29) is 11.6 Å². The molecule has 1 saturated heterocycles. The average molecular weight is 319 g/mol. The summed E-state index contributed by atoms with van der Waals surface area (Å²) in [7, 11) is 0. The van der Waals surface area contributed by atoms with Gasteiger partial charge in [0, 0.05) is 35.2 Å². The quantitative estimate of drug-likeness (QED) is 0.854. The van der Waals surface area contributed by atoms with Crippen LogP contribution in [0.1, 0.15) is 20.8 Å². The molecule has 1 heterocycles. The van der Waals surface area contributed by atoms with Crippen LogP contribution in [0.2, 0.25) is 0 Å². The maximum Gasteiger partial charge on any atom is 0.150 e. The highest BCUT2D eigenvalue weighted by atomic mass is 79.9. The third-order valence-corrected chi connectivity index (χ3v) is 3.85. The second-order valence-corrected chi connectivity index (χ2v) is 6.31. The Morgan fingerprint density at radius 2 is 2.06 bits per heavy atom. The minimum absolute atomic E-state index is 0.0905. The Labute approximate surface area is 114 Å². The van der Waals surface area contributed by atoms with Gasteiger partial charge in [-0.3, -0.25) is 0 Å². The first-order valence-electron chi connectivity index (χ1n) is 5.96. The van der Waals surface area contributed by atoms with Crippen molar-refractivity contribution in [3.63, 3.8) is 0 Å². The van der Waals surface area contributed by atoms with Gasteiger partial charge in [0.15, 0.2) is 5.82 Å². The zero-order chi connectivity index (χ0) is 13.5. The average Bonchev–Trinajstić information content (AvgIpc) is 2.21. The molecule has 18 heavy (non-hydrogen) atoms. The topological polar surface area (TPSA) is 15.3 Å². The number of halogens is 3. The highest BCUT2D eigenvalue weighted by molar-refractivity contribution is 9.10. The molecule has 0 radical (unpaired) electrons. The van der Waals surface area contributed by atoms with E-state index < -0.39 is 11.6 Å². The van der Waals surface area contributed by atoms with Crippen LogP contribution < -0.4 is 10.2 Å². The highest BCUT2D eigenvalue weighted by Gasteiger charge is 2.32. The smallest absolute Gasteiger partial charge is 0.150 e. The van der Waals surface area contributed by atoms with Crippen molar-refractivity contribution in [2.45, 2.75) is 32.4 Å². The maximum absolute atomic E-state index is 14.0. The molecule has 1 atom stereocenters. The summed E-state index contributed by atoms with van der Waals surface area (Å²) >= 11 is 3.26. The first kappa shape index (κ1) is 13.7. The van der Waals surface area contributed by atoms with E-state index in [1.807, 2.05) is 11.8 Å². The fourth-order valence-electron chi connectivity index (χ4n) is 2.28. The van der Waals surface area contributed by atoms with E-state index in [1.165, 1.54) is 6.07 Å². The number of nitrogens with zero attached hydrogens (tertiary/aromatic N) is 1. The van der Waals surface area contributed by atoms with E-state index in [0.717, 1.165) is 12.6 Å². The van der Waals surface area contributed by atoms with Crippen molar-refractivity contribution in [1.29, 1.82) is 0 Å². The molecule has 1 aromatic rings. The van der Waals surface area contributed by atoms with E-state index in [0.29, 0.717) is 16.7 Å². The molecule has 5 heteroatoms. The summed E-state index contributed by atoms with van der Waals surface area (Å²) in [6.07, 6.45) is 0. The van der Waals surface area contributed by atoms with Crippen LogP contribution >= 0.6 is 15.9 Å². The van der Waals surface area contributed by atoms with Crippen molar-refractivity contribution >= 4 is 21.6 Å². The number of hydrogen-bond acceptors (Lipinski definition) is 2. The van der Waals surface area contributed by atoms with E-state index >= 15 is 0 Å². The largest absolute Gasteiger partial charge is 0.362 e. The van der Waals surface area contributed by atoms with Gasteiger partial charge >= 0.3 is 0 Å². The first-order valence-corrected chi connectivity index (χ1v) is 6.76. The van der Waals surface area contributed by atoms with Crippen LogP contribution in [0.25, 0.3) is 0 Å². The fourth-order valence-corrected chi connectivity index (χ4v) is 2.92.